The Balaban J connectivity index is 4.23. The second kappa shape index (κ2) is 61.5. The van der Waals surface area contributed by atoms with Gasteiger partial charge in [-0.3, -0.25) is 18.6 Å². The second-order valence-corrected chi connectivity index (χ2v) is 23.9. The van der Waals surface area contributed by atoms with Gasteiger partial charge in [0.05, 0.1) is 27.7 Å². The lowest BCUT2D eigenvalue weighted by molar-refractivity contribution is -0.870. The van der Waals surface area contributed by atoms with E-state index in [4.69, 9.17) is 18.5 Å². The molecule has 2 unspecified atom stereocenters. The van der Waals surface area contributed by atoms with E-state index in [9.17, 15) is 19.0 Å². The number of quaternary nitrogens is 1. The van der Waals surface area contributed by atoms with Gasteiger partial charge < -0.3 is 18.9 Å². The van der Waals surface area contributed by atoms with E-state index in [1.165, 1.54) is 103 Å². The Bertz CT molecular complexity index is 1890. The van der Waals surface area contributed by atoms with Crippen molar-refractivity contribution < 1.29 is 42.1 Å². The lowest BCUT2D eigenvalue weighted by Crippen LogP contribution is -2.37. The van der Waals surface area contributed by atoms with E-state index < -0.39 is 26.5 Å². The number of carbonyl (C=O) groups excluding carboxylic acids is 2. The van der Waals surface area contributed by atoms with Crippen LogP contribution in [0, 0.1) is 0 Å². The summed E-state index contributed by atoms with van der Waals surface area (Å²) < 4.78 is 34.6. The fourth-order valence-corrected chi connectivity index (χ4v) is 9.15. The molecule has 0 aliphatic carbocycles. The molecule has 1 N–H and O–H groups in total. The van der Waals surface area contributed by atoms with Crippen molar-refractivity contribution in [3.8, 4) is 0 Å². The molecule has 2 atom stereocenters. The SMILES string of the molecule is CC/C=C\C/C=C\C/C=C\C/C=C\C/C=C\C/C=C\C/C=C\C/C=C\C/C=C\C/C=C\C/C=C\C/C=C\CCCCC(=O)OC(COC(=O)CCCCCCCCCCCCCCCCCCCCC)COP(=O)(O)OCC[N+](C)(C)C. The first-order valence-corrected chi connectivity index (χ1v) is 34.1. The summed E-state index contributed by atoms with van der Waals surface area (Å²) in [6, 6.07) is 0. The molecule has 82 heavy (non-hydrogen) atoms. The average Bonchev–Trinajstić information content (AvgIpc) is 3.46. The number of hydrogen-bond acceptors (Lipinski definition) is 7. The zero-order valence-corrected chi connectivity index (χ0v) is 53.8. The fourth-order valence-electron chi connectivity index (χ4n) is 8.41. The number of likely N-dealkylation sites (N-methyl/N-ethyl adjacent to an activating group) is 1. The van der Waals surface area contributed by atoms with Gasteiger partial charge in [0.1, 0.15) is 19.8 Å². The van der Waals surface area contributed by atoms with Crippen LogP contribution in [0.15, 0.2) is 146 Å². The van der Waals surface area contributed by atoms with E-state index in [0.29, 0.717) is 17.4 Å². The number of unbranched alkanes of at least 4 members (excludes halogenated alkanes) is 20. The van der Waals surface area contributed by atoms with E-state index in [1.54, 1.807) is 0 Å². The maximum absolute atomic E-state index is 12.8. The number of carbonyl (C=O) groups is 2. The molecule has 0 saturated heterocycles. The van der Waals surface area contributed by atoms with Crippen LogP contribution in [0.2, 0.25) is 0 Å². The molecule has 0 heterocycles. The van der Waals surface area contributed by atoms with Crippen molar-refractivity contribution in [1.29, 1.82) is 0 Å². The minimum Gasteiger partial charge on any atom is -0.462 e. The highest BCUT2D eigenvalue weighted by molar-refractivity contribution is 7.47. The Morgan fingerprint density at radius 3 is 1.04 bits per heavy atom. The van der Waals surface area contributed by atoms with Crippen LogP contribution in [0.5, 0.6) is 0 Å². The van der Waals surface area contributed by atoms with E-state index in [-0.39, 0.29) is 32.0 Å². The highest BCUT2D eigenvalue weighted by Crippen LogP contribution is 2.43. The van der Waals surface area contributed by atoms with Gasteiger partial charge in [-0.15, -0.1) is 0 Å². The van der Waals surface area contributed by atoms with Gasteiger partial charge in [0.15, 0.2) is 6.10 Å². The Hall–Kier alpha value is -4.11. The van der Waals surface area contributed by atoms with Crippen LogP contribution in [0.3, 0.4) is 0 Å². The van der Waals surface area contributed by atoms with Gasteiger partial charge in [-0.05, 0) is 103 Å². The van der Waals surface area contributed by atoms with Crippen molar-refractivity contribution in [3.63, 3.8) is 0 Å². The maximum Gasteiger partial charge on any atom is 0.472 e. The van der Waals surface area contributed by atoms with Crippen LogP contribution in [0.1, 0.15) is 245 Å². The molecule has 9 nitrogen and oxygen atoms in total. The van der Waals surface area contributed by atoms with E-state index in [0.717, 1.165) is 109 Å². The van der Waals surface area contributed by atoms with Gasteiger partial charge >= 0.3 is 19.8 Å². The van der Waals surface area contributed by atoms with Crippen LogP contribution < -0.4 is 0 Å². The van der Waals surface area contributed by atoms with Crippen molar-refractivity contribution in [3.05, 3.63) is 146 Å². The van der Waals surface area contributed by atoms with Crippen LogP contribution in [-0.4, -0.2) is 74.9 Å². The third-order valence-corrected chi connectivity index (χ3v) is 14.4. The predicted octanol–water partition coefficient (Wildman–Crippen LogP) is 21.0. The van der Waals surface area contributed by atoms with E-state index in [2.05, 4.69) is 160 Å². The molecular formula is C72H121NO8P+. The van der Waals surface area contributed by atoms with Crippen molar-refractivity contribution >= 4 is 19.8 Å². The quantitative estimate of drug-likeness (QED) is 0.0211. The summed E-state index contributed by atoms with van der Waals surface area (Å²) in [4.78, 5) is 35.7. The second-order valence-electron chi connectivity index (χ2n) is 22.4. The smallest absolute Gasteiger partial charge is 0.462 e. The summed E-state index contributed by atoms with van der Waals surface area (Å²) in [7, 11) is 1.43. The Labute approximate surface area is 503 Å². The third kappa shape index (κ3) is 65.0. The zero-order chi connectivity index (χ0) is 59.8. The Morgan fingerprint density at radius 2 is 0.695 bits per heavy atom. The maximum atomic E-state index is 12.8. The molecule has 0 saturated carbocycles. The minimum atomic E-state index is -4.41. The van der Waals surface area contributed by atoms with Crippen molar-refractivity contribution in [2.24, 2.45) is 0 Å². The normalized spacial score (nSPS) is 14.2. The molecule has 0 aromatic carbocycles. The molecule has 0 spiro atoms. The molecule has 0 amide bonds. The monoisotopic (exact) mass is 1160 g/mol. The fraction of sp³-hybridized carbons (Fsp3) is 0.639. The lowest BCUT2D eigenvalue weighted by Gasteiger charge is -2.24. The summed E-state index contributed by atoms with van der Waals surface area (Å²) in [6.45, 7) is 4.27. The largest absolute Gasteiger partial charge is 0.472 e. The van der Waals surface area contributed by atoms with Crippen molar-refractivity contribution in [1.82, 2.24) is 0 Å². The van der Waals surface area contributed by atoms with Crippen LogP contribution in [-0.2, 0) is 32.7 Å². The molecule has 0 aromatic heterocycles. The van der Waals surface area contributed by atoms with Crippen molar-refractivity contribution in [2.45, 2.75) is 251 Å². The molecule has 0 radical (unpaired) electrons. The molecule has 0 aromatic rings. The summed E-state index contributed by atoms with van der Waals surface area (Å²) in [6.07, 6.45) is 90.8. The first-order chi connectivity index (χ1) is 40.0. The third-order valence-electron chi connectivity index (χ3n) is 13.4. The van der Waals surface area contributed by atoms with Crippen LogP contribution >= 0.6 is 7.82 Å². The number of phosphoric ester groups is 1. The van der Waals surface area contributed by atoms with E-state index >= 15 is 0 Å². The number of hydrogen-bond donors (Lipinski definition) is 1. The predicted molar refractivity (Wildman–Crippen MR) is 353 cm³/mol. The molecule has 0 aliphatic rings. The zero-order valence-electron chi connectivity index (χ0n) is 52.9. The number of esters is 2. The highest BCUT2D eigenvalue weighted by atomic mass is 31.2. The molecule has 10 heteroatoms. The lowest BCUT2D eigenvalue weighted by atomic mass is 10.0. The summed E-state index contributed by atoms with van der Waals surface area (Å²) in [5.74, 6) is -0.852. The number of ether oxygens (including phenoxy) is 2. The number of allylic oxidation sites excluding steroid dienone is 24. The molecule has 0 aliphatic heterocycles. The minimum absolute atomic E-state index is 0.0169. The topological polar surface area (TPSA) is 108 Å². The summed E-state index contributed by atoms with van der Waals surface area (Å²) >= 11 is 0. The van der Waals surface area contributed by atoms with Crippen LogP contribution in [0.4, 0.5) is 0 Å². The number of phosphoric acid groups is 1. The Morgan fingerprint density at radius 1 is 0.390 bits per heavy atom. The van der Waals surface area contributed by atoms with Crippen LogP contribution in [0.25, 0.3) is 0 Å². The van der Waals surface area contributed by atoms with E-state index in [1.807, 2.05) is 21.1 Å². The standard InChI is InChI=1S/C72H120NO8P/c1-6-8-10-12-14-16-18-20-22-24-26-27-28-29-30-31-32-33-34-35-36-37-38-39-40-41-42-43-44-45-47-49-51-53-55-57-59-61-63-65-72(75)81-70(69-80-82(76,77)79-67-66-73(3,4)5)68-78-71(74)64-62-60-58-56-54-52-50-48-46-25-23-21-19-17-15-13-11-9-7-2/h8,10,14,16,20,22,26-27,29-30,32-33,35-36,38-39,41-42,44-45,49,51,55,57,70H,6-7,9,11-13,15,17-19,21,23-25,28,31,34,37,40,43,46-48,50,52-54,56,58-69H2,1-5H3/p+1/b10-8-,16-14-,22-20-,27-26-,30-29-,33-32-,36-35-,39-38-,42-41-,45-44-,51-49-,57-55-. The van der Waals surface area contributed by atoms with Gasteiger partial charge in [-0.1, -0.05) is 275 Å². The molecule has 466 valence electrons. The van der Waals surface area contributed by atoms with Crippen molar-refractivity contribution in [2.75, 3.05) is 47.5 Å². The van der Waals surface area contributed by atoms with Gasteiger partial charge in [0.25, 0.3) is 0 Å². The van der Waals surface area contributed by atoms with Gasteiger partial charge in [-0.25, -0.2) is 4.57 Å². The molecular weight excluding hydrogens is 1040 g/mol. The first kappa shape index (κ1) is 77.9. The van der Waals surface area contributed by atoms with Gasteiger partial charge in [0.2, 0.25) is 0 Å². The first-order valence-electron chi connectivity index (χ1n) is 32.6. The van der Waals surface area contributed by atoms with Gasteiger partial charge in [0, 0.05) is 12.8 Å². The Kier molecular flexibility index (Phi) is 58.4. The number of rotatable bonds is 58. The molecule has 0 rings (SSSR count). The average molecular weight is 1160 g/mol. The molecule has 0 bridgehead atoms. The van der Waals surface area contributed by atoms with Gasteiger partial charge in [-0.2, -0.15) is 0 Å². The molecule has 0 fully saturated rings. The number of nitrogens with zero attached hydrogens (tertiary/aromatic N) is 1. The summed E-state index contributed by atoms with van der Waals surface area (Å²) in [5, 5.41) is 0. The highest BCUT2D eigenvalue weighted by Gasteiger charge is 2.27. The summed E-state index contributed by atoms with van der Waals surface area (Å²) in [5.41, 5.74) is 0.